The number of carbonyl (C=O) groups is 2. The Bertz CT molecular complexity index is 729. The van der Waals surface area contributed by atoms with E-state index >= 15 is 0 Å². The molecule has 0 spiro atoms. The summed E-state index contributed by atoms with van der Waals surface area (Å²) >= 11 is 0. The van der Waals surface area contributed by atoms with Crippen LogP contribution in [0.1, 0.15) is 72.6 Å². The van der Waals surface area contributed by atoms with Gasteiger partial charge in [0.15, 0.2) is 0 Å². The van der Waals surface area contributed by atoms with Crippen LogP contribution >= 0.6 is 0 Å². The van der Waals surface area contributed by atoms with Crippen molar-refractivity contribution in [3.05, 3.63) is 11.6 Å². The first kappa shape index (κ1) is 21.9. The highest BCUT2D eigenvalue weighted by Gasteiger charge is 2.62. The molecule has 4 rings (SSSR count). The molecule has 5 nitrogen and oxygen atoms in total. The van der Waals surface area contributed by atoms with E-state index in [0.29, 0.717) is 23.7 Å². The molecule has 0 aromatic heterocycles. The molecule has 0 radical (unpaired) electrons. The van der Waals surface area contributed by atoms with Crippen molar-refractivity contribution in [1.29, 1.82) is 0 Å². The van der Waals surface area contributed by atoms with E-state index in [1.54, 1.807) is 0 Å². The fourth-order valence-electron chi connectivity index (χ4n) is 8.06. The second kappa shape index (κ2) is 7.96. The van der Waals surface area contributed by atoms with Gasteiger partial charge in [0.1, 0.15) is 12.2 Å². The quantitative estimate of drug-likeness (QED) is 0.490. The number of ether oxygens (including phenoxy) is 3. The number of esters is 2. The number of hydrogen-bond acceptors (Lipinski definition) is 5. The van der Waals surface area contributed by atoms with E-state index < -0.39 is 0 Å². The average molecular weight is 419 g/mol. The van der Waals surface area contributed by atoms with Gasteiger partial charge in [0.05, 0.1) is 6.61 Å². The molecule has 0 bridgehead atoms. The summed E-state index contributed by atoms with van der Waals surface area (Å²) in [6.07, 6.45) is 9.69. The predicted octanol–water partition coefficient (Wildman–Crippen LogP) is 4.69. The van der Waals surface area contributed by atoms with Crippen molar-refractivity contribution in [1.82, 2.24) is 0 Å². The van der Waals surface area contributed by atoms with Crippen LogP contribution in [0, 0.1) is 34.5 Å². The van der Waals surface area contributed by atoms with Gasteiger partial charge in [0, 0.05) is 31.8 Å². The van der Waals surface area contributed by atoms with E-state index in [0.717, 1.165) is 45.1 Å². The maximum absolute atomic E-state index is 11.7. The Kier molecular flexibility index (Phi) is 5.80. The standard InChI is InChI=1S/C25H38O5/c1-15-12-19-20-6-7-23(30-17(3)27)24(20,4)10-9-21(19)25(14-28-5)11-8-18(13-22(15)25)29-16(2)26/h13,15,18-21,23H,6-12,14H2,1-5H3/t15-,18-,19-,20-,21-,23-,24-,25-/m0/s1. The van der Waals surface area contributed by atoms with Crippen molar-refractivity contribution in [3.63, 3.8) is 0 Å². The SMILES string of the molecule is COC[C@]12CC[C@H](OC(C)=O)C=C1[C@@H](C)C[C@@H]1[C@@H]2CC[C@]2(C)[C@@H](OC(C)=O)CC[C@@H]12. The smallest absolute Gasteiger partial charge is 0.303 e. The summed E-state index contributed by atoms with van der Waals surface area (Å²) in [4.78, 5) is 23.2. The van der Waals surface area contributed by atoms with Gasteiger partial charge in [-0.05, 0) is 74.7 Å². The molecule has 4 aliphatic carbocycles. The molecular weight excluding hydrogens is 380 g/mol. The Balaban J connectivity index is 1.66. The molecule has 0 aliphatic heterocycles. The molecule has 3 fully saturated rings. The van der Waals surface area contributed by atoms with Crippen molar-refractivity contribution < 1.29 is 23.8 Å². The lowest BCUT2D eigenvalue weighted by Crippen LogP contribution is -2.56. The lowest BCUT2D eigenvalue weighted by atomic mass is 9.45. The molecule has 0 heterocycles. The lowest BCUT2D eigenvalue weighted by Gasteiger charge is -2.60. The second-order valence-electron chi connectivity index (χ2n) is 10.6. The fourth-order valence-corrected chi connectivity index (χ4v) is 8.06. The molecule has 30 heavy (non-hydrogen) atoms. The molecule has 8 atom stereocenters. The van der Waals surface area contributed by atoms with Gasteiger partial charge >= 0.3 is 11.9 Å². The summed E-state index contributed by atoms with van der Waals surface area (Å²) in [5.74, 6) is 1.93. The number of hydrogen-bond donors (Lipinski definition) is 0. The van der Waals surface area contributed by atoms with Crippen LogP contribution in [0.5, 0.6) is 0 Å². The second-order valence-corrected chi connectivity index (χ2v) is 10.6. The van der Waals surface area contributed by atoms with Crippen LogP contribution in [-0.4, -0.2) is 37.9 Å². The molecule has 0 N–H and O–H groups in total. The largest absolute Gasteiger partial charge is 0.462 e. The van der Waals surface area contributed by atoms with E-state index in [1.807, 2.05) is 7.11 Å². The maximum Gasteiger partial charge on any atom is 0.303 e. The Morgan fingerprint density at radius 1 is 1.03 bits per heavy atom. The zero-order valence-corrected chi connectivity index (χ0v) is 19.2. The molecular formula is C25H38O5. The number of carbonyl (C=O) groups excluding carboxylic acids is 2. The molecule has 0 saturated heterocycles. The van der Waals surface area contributed by atoms with Gasteiger partial charge in [0.25, 0.3) is 0 Å². The van der Waals surface area contributed by atoms with Gasteiger partial charge in [-0.2, -0.15) is 0 Å². The van der Waals surface area contributed by atoms with Gasteiger partial charge in [-0.15, -0.1) is 0 Å². The summed E-state index contributed by atoms with van der Waals surface area (Å²) in [5.41, 5.74) is 1.60. The molecule has 0 unspecified atom stereocenters. The summed E-state index contributed by atoms with van der Waals surface area (Å²) in [6.45, 7) is 8.49. The molecule has 168 valence electrons. The van der Waals surface area contributed by atoms with Crippen molar-refractivity contribution in [2.24, 2.45) is 34.5 Å². The lowest BCUT2D eigenvalue weighted by molar-refractivity contribution is -0.159. The fraction of sp³-hybridized carbons (Fsp3) is 0.840. The van der Waals surface area contributed by atoms with E-state index in [1.165, 1.54) is 25.8 Å². The van der Waals surface area contributed by atoms with Crippen molar-refractivity contribution in [2.75, 3.05) is 13.7 Å². The highest BCUT2D eigenvalue weighted by Crippen LogP contribution is 2.67. The van der Waals surface area contributed by atoms with Crippen LogP contribution in [-0.2, 0) is 23.8 Å². The summed E-state index contributed by atoms with van der Waals surface area (Å²) in [5, 5.41) is 0. The molecule has 0 amide bonds. The van der Waals surface area contributed by atoms with Gasteiger partial charge in [-0.25, -0.2) is 0 Å². The Morgan fingerprint density at radius 3 is 2.43 bits per heavy atom. The van der Waals surface area contributed by atoms with Crippen LogP contribution in [0.3, 0.4) is 0 Å². The highest BCUT2D eigenvalue weighted by atomic mass is 16.5. The molecule has 0 aromatic carbocycles. The Labute approximate surface area is 180 Å². The third-order valence-corrected chi connectivity index (χ3v) is 9.06. The van der Waals surface area contributed by atoms with Crippen LogP contribution in [0.2, 0.25) is 0 Å². The minimum atomic E-state index is -0.201. The van der Waals surface area contributed by atoms with Gasteiger partial charge in [-0.1, -0.05) is 19.4 Å². The number of fused-ring (bicyclic) bond motifs is 5. The average Bonchev–Trinajstić information content (AvgIpc) is 2.99. The number of methoxy groups -OCH3 is 1. The summed E-state index contributed by atoms with van der Waals surface area (Å²) in [6, 6.07) is 0. The summed E-state index contributed by atoms with van der Waals surface area (Å²) < 4.78 is 17.2. The zero-order chi connectivity index (χ0) is 21.7. The first-order valence-corrected chi connectivity index (χ1v) is 11.8. The van der Waals surface area contributed by atoms with Crippen molar-refractivity contribution in [3.8, 4) is 0 Å². The zero-order valence-electron chi connectivity index (χ0n) is 19.2. The van der Waals surface area contributed by atoms with Crippen LogP contribution in [0.25, 0.3) is 0 Å². The van der Waals surface area contributed by atoms with Crippen molar-refractivity contribution in [2.45, 2.75) is 84.8 Å². The first-order valence-electron chi connectivity index (χ1n) is 11.8. The van der Waals surface area contributed by atoms with E-state index in [9.17, 15) is 9.59 Å². The van der Waals surface area contributed by atoms with E-state index in [2.05, 4.69) is 19.9 Å². The van der Waals surface area contributed by atoms with Gasteiger partial charge < -0.3 is 14.2 Å². The van der Waals surface area contributed by atoms with Crippen molar-refractivity contribution >= 4 is 11.9 Å². The third-order valence-electron chi connectivity index (χ3n) is 9.06. The van der Waals surface area contributed by atoms with Gasteiger partial charge in [0.2, 0.25) is 0 Å². The Morgan fingerprint density at radius 2 is 1.77 bits per heavy atom. The van der Waals surface area contributed by atoms with Gasteiger partial charge in [-0.3, -0.25) is 9.59 Å². The van der Waals surface area contributed by atoms with Crippen LogP contribution in [0.4, 0.5) is 0 Å². The number of rotatable bonds is 4. The van der Waals surface area contributed by atoms with Crippen LogP contribution in [0.15, 0.2) is 11.6 Å². The van der Waals surface area contributed by atoms with E-state index in [-0.39, 0.29) is 35.0 Å². The molecule has 4 aliphatic rings. The predicted molar refractivity (Wildman–Crippen MR) is 114 cm³/mol. The monoisotopic (exact) mass is 418 g/mol. The molecule has 0 aromatic rings. The summed E-state index contributed by atoms with van der Waals surface area (Å²) in [7, 11) is 1.82. The normalized spacial score (nSPS) is 44.9. The minimum Gasteiger partial charge on any atom is -0.462 e. The van der Waals surface area contributed by atoms with Crippen LogP contribution < -0.4 is 0 Å². The molecule has 5 heteroatoms. The van der Waals surface area contributed by atoms with E-state index in [4.69, 9.17) is 14.2 Å². The topological polar surface area (TPSA) is 61.8 Å². The minimum absolute atomic E-state index is 0.0502. The highest BCUT2D eigenvalue weighted by molar-refractivity contribution is 5.66. The molecule has 3 saturated carbocycles. The maximum atomic E-state index is 11.7. The first-order chi connectivity index (χ1) is 14.2. The Hall–Kier alpha value is -1.36. The third kappa shape index (κ3) is 3.41.